The van der Waals surface area contributed by atoms with Gasteiger partial charge in [-0.25, -0.2) is 13.1 Å². The number of alkyl halides is 3. The lowest BCUT2D eigenvalue weighted by atomic mass is 10.2. The molecule has 1 aromatic carbocycles. The second kappa shape index (κ2) is 11.5. The van der Waals surface area contributed by atoms with E-state index in [1.165, 1.54) is 7.05 Å². The number of hydrogen-bond donors (Lipinski definition) is 3. The molecule has 0 fully saturated rings. The van der Waals surface area contributed by atoms with Crippen LogP contribution >= 0.6 is 24.0 Å². The van der Waals surface area contributed by atoms with Gasteiger partial charge in [-0.2, -0.15) is 13.2 Å². The van der Waals surface area contributed by atoms with Crippen molar-refractivity contribution < 1.29 is 21.6 Å². The van der Waals surface area contributed by atoms with Gasteiger partial charge >= 0.3 is 6.18 Å². The van der Waals surface area contributed by atoms with Gasteiger partial charge in [0.05, 0.1) is 12.2 Å². The van der Waals surface area contributed by atoms with Crippen LogP contribution in [-0.4, -0.2) is 46.4 Å². The van der Waals surface area contributed by atoms with E-state index in [4.69, 9.17) is 0 Å². The molecule has 25 heavy (non-hydrogen) atoms. The lowest BCUT2D eigenvalue weighted by Crippen LogP contribution is -2.42. The number of nitrogens with one attached hydrogen (secondary N) is 3. The first kappa shape index (κ1) is 23.9. The Balaban J connectivity index is 0.00000576. The molecule has 0 saturated heterocycles. The summed E-state index contributed by atoms with van der Waals surface area (Å²) in [5, 5.41) is 5.14. The molecule has 0 aliphatic heterocycles. The fourth-order valence-corrected chi connectivity index (χ4v) is 2.61. The Morgan fingerprint density at radius 1 is 1.12 bits per heavy atom. The van der Waals surface area contributed by atoms with Crippen molar-refractivity contribution in [3.8, 4) is 0 Å². The molecule has 0 unspecified atom stereocenters. The largest absolute Gasteiger partial charge is 0.390 e. The normalized spacial score (nSPS) is 12.4. The van der Waals surface area contributed by atoms with Crippen LogP contribution in [0.2, 0.25) is 0 Å². The molecule has 1 rings (SSSR count). The molecule has 0 amide bonds. The third-order valence-corrected chi connectivity index (χ3v) is 4.25. The number of guanidine groups is 1. The van der Waals surface area contributed by atoms with Crippen LogP contribution in [0.1, 0.15) is 12.0 Å². The average molecular weight is 494 g/mol. The molecule has 0 aliphatic rings. The zero-order valence-corrected chi connectivity index (χ0v) is 16.8. The van der Waals surface area contributed by atoms with Crippen LogP contribution in [0, 0.1) is 0 Å². The third-order valence-electron chi connectivity index (χ3n) is 2.93. The fourth-order valence-electron chi connectivity index (χ4n) is 1.71. The zero-order valence-electron chi connectivity index (χ0n) is 13.6. The van der Waals surface area contributed by atoms with Crippen LogP contribution < -0.4 is 15.4 Å². The molecule has 0 bridgehead atoms. The first-order valence-corrected chi connectivity index (χ1v) is 8.89. The van der Waals surface area contributed by atoms with E-state index in [2.05, 4.69) is 20.3 Å². The summed E-state index contributed by atoms with van der Waals surface area (Å²) in [6.45, 7) is -0.125. The second-order valence-electron chi connectivity index (χ2n) is 4.92. The maximum atomic E-state index is 12.1. The van der Waals surface area contributed by atoms with Crippen LogP contribution in [-0.2, 0) is 16.6 Å². The van der Waals surface area contributed by atoms with E-state index in [9.17, 15) is 21.6 Å². The van der Waals surface area contributed by atoms with E-state index in [-0.39, 0.29) is 55.3 Å². The molecule has 144 valence electrons. The minimum atomic E-state index is -4.25. The molecule has 0 aliphatic carbocycles. The monoisotopic (exact) mass is 494 g/mol. The SMILES string of the molecule is CN=C(NCCC(F)(F)F)NCCS(=O)(=O)NCc1ccccc1.I. The summed E-state index contributed by atoms with van der Waals surface area (Å²) in [7, 11) is -2.11. The van der Waals surface area contributed by atoms with Crippen molar-refractivity contribution in [2.75, 3.05) is 25.9 Å². The van der Waals surface area contributed by atoms with Crippen molar-refractivity contribution in [2.24, 2.45) is 4.99 Å². The van der Waals surface area contributed by atoms with E-state index in [1.54, 1.807) is 12.1 Å². The molecular weight excluding hydrogens is 472 g/mol. The Bertz CT molecular complexity index is 625. The predicted molar refractivity (Wildman–Crippen MR) is 103 cm³/mol. The molecule has 0 heterocycles. The number of rotatable bonds is 8. The van der Waals surface area contributed by atoms with Crippen molar-refractivity contribution >= 4 is 40.0 Å². The highest BCUT2D eigenvalue weighted by molar-refractivity contribution is 14.0. The van der Waals surface area contributed by atoms with Crippen molar-refractivity contribution in [2.45, 2.75) is 19.1 Å². The highest BCUT2D eigenvalue weighted by Gasteiger charge is 2.26. The van der Waals surface area contributed by atoms with Crippen LogP contribution in [0.3, 0.4) is 0 Å². The van der Waals surface area contributed by atoms with Gasteiger partial charge in [0.1, 0.15) is 0 Å². The van der Waals surface area contributed by atoms with Gasteiger partial charge in [0.2, 0.25) is 10.0 Å². The Morgan fingerprint density at radius 3 is 2.28 bits per heavy atom. The zero-order chi connectivity index (χ0) is 18.1. The summed E-state index contributed by atoms with van der Waals surface area (Å²) in [6, 6.07) is 9.04. The Kier molecular flexibility index (Phi) is 11.0. The molecule has 6 nitrogen and oxygen atoms in total. The summed E-state index contributed by atoms with van der Waals surface area (Å²) >= 11 is 0. The molecule has 11 heteroatoms. The van der Waals surface area contributed by atoms with Gasteiger partial charge in [0.25, 0.3) is 0 Å². The van der Waals surface area contributed by atoms with Crippen LogP contribution in [0.15, 0.2) is 35.3 Å². The standard InChI is InChI=1S/C14H21F3N4O2S.HI/c1-18-13(19-8-7-14(15,16)17)20-9-10-24(22,23)21-11-12-5-3-2-4-6-12;/h2-6,21H,7-11H2,1H3,(H2,18,19,20);1H. The quantitative estimate of drug-likeness (QED) is 0.293. The lowest BCUT2D eigenvalue weighted by Gasteiger charge is -2.13. The fraction of sp³-hybridized carbons (Fsp3) is 0.500. The number of nitrogens with zero attached hydrogens (tertiary/aromatic N) is 1. The minimum Gasteiger partial charge on any atom is -0.356 e. The first-order valence-electron chi connectivity index (χ1n) is 7.24. The molecule has 0 aromatic heterocycles. The Morgan fingerprint density at radius 2 is 1.72 bits per heavy atom. The van der Waals surface area contributed by atoms with Gasteiger partial charge in [-0.1, -0.05) is 30.3 Å². The highest BCUT2D eigenvalue weighted by Crippen LogP contribution is 2.17. The molecule has 1 aromatic rings. The third kappa shape index (κ3) is 12.0. The number of hydrogen-bond acceptors (Lipinski definition) is 3. The van der Waals surface area contributed by atoms with Gasteiger partial charge in [0, 0.05) is 26.7 Å². The van der Waals surface area contributed by atoms with Crippen LogP contribution in [0.4, 0.5) is 13.2 Å². The molecule has 0 radical (unpaired) electrons. The number of benzene rings is 1. The van der Waals surface area contributed by atoms with Gasteiger partial charge in [0.15, 0.2) is 5.96 Å². The van der Waals surface area contributed by atoms with Crippen molar-refractivity contribution in [3.05, 3.63) is 35.9 Å². The number of sulfonamides is 1. The smallest absolute Gasteiger partial charge is 0.356 e. The highest BCUT2D eigenvalue weighted by atomic mass is 127. The molecule has 3 N–H and O–H groups in total. The Labute approximate surface area is 162 Å². The van der Waals surface area contributed by atoms with E-state index in [0.717, 1.165) is 5.56 Å². The molecule has 0 atom stereocenters. The van der Waals surface area contributed by atoms with Gasteiger partial charge in [-0.15, -0.1) is 24.0 Å². The van der Waals surface area contributed by atoms with Gasteiger partial charge in [-0.05, 0) is 5.56 Å². The van der Waals surface area contributed by atoms with Crippen LogP contribution in [0.5, 0.6) is 0 Å². The molecule has 0 spiro atoms. The van der Waals surface area contributed by atoms with Crippen molar-refractivity contribution in [1.82, 2.24) is 15.4 Å². The topological polar surface area (TPSA) is 82.6 Å². The second-order valence-corrected chi connectivity index (χ2v) is 6.84. The number of halogens is 4. The van der Waals surface area contributed by atoms with Crippen LogP contribution in [0.25, 0.3) is 0 Å². The maximum absolute atomic E-state index is 12.1. The predicted octanol–water partition coefficient (Wildman–Crippen LogP) is 1.84. The van der Waals surface area contributed by atoms with Gasteiger partial charge in [-0.3, -0.25) is 4.99 Å². The van der Waals surface area contributed by atoms with Crippen molar-refractivity contribution in [1.29, 1.82) is 0 Å². The van der Waals surface area contributed by atoms with E-state index >= 15 is 0 Å². The summed E-state index contributed by atoms with van der Waals surface area (Å²) in [4.78, 5) is 3.73. The maximum Gasteiger partial charge on any atom is 0.390 e. The van der Waals surface area contributed by atoms with E-state index in [1.807, 2.05) is 18.2 Å². The first-order chi connectivity index (χ1) is 11.2. The van der Waals surface area contributed by atoms with E-state index in [0.29, 0.717) is 0 Å². The molecule has 0 saturated carbocycles. The number of aliphatic imine (C=N–C) groups is 1. The Hall–Kier alpha value is -1.08. The molecular formula is C14H22F3IN4O2S. The average Bonchev–Trinajstić information content (AvgIpc) is 2.51. The summed E-state index contributed by atoms with van der Waals surface area (Å²) in [6.07, 6.45) is -5.25. The summed E-state index contributed by atoms with van der Waals surface area (Å²) < 4.78 is 62.3. The van der Waals surface area contributed by atoms with Gasteiger partial charge < -0.3 is 10.6 Å². The van der Waals surface area contributed by atoms with E-state index < -0.39 is 22.6 Å². The summed E-state index contributed by atoms with van der Waals surface area (Å²) in [5.41, 5.74) is 0.832. The lowest BCUT2D eigenvalue weighted by molar-refractivity contribution is -0.132. The summed E-state index contributed by atoms with van der Waals surface area (Å²) in [5.74, 6) is -0.0997. The van der Waals surface area contributed by atoms with Crippen molar-refractivity contribution in [3.63, 3.8) is 0 Å². The minimum absolute atomic E-state index is 0.